The number of H-pyrrole nitrogens is 1. The lowest BCUT2D eigenvalue weighted by Gasteiger charge is -2.13. The molecule has 0 aliphatic rings. The summed E-state index contributed by atoms with van der Waals surface area (Å²) in [5, 5.41) is 17.1. The van der Waals surface area contributed by atoms with Gasteiger partial charge in [0.05, 0.1) is 43.9 Å². The maximum Gasteiger partial charge on any atom is 0.274 e. The first-order valence-corrected chi connectivity index (χ1v) is 14.9. The van der Waals surface area contributed by atoms with E-state index in [1.54, 1.807) is 48.8 Å². The number of pyridine rings is 2. The van der Waals surface area contributed by atoms with Crippen LogP contribution in [0.3, 0.4) is 0 Å². The van der Waals surface area contributed by atoms with Gasteiger partial charge in [0.25, 0.3) is 5.56 Å². The van der Waals surface area contributed by atoms with Crippen molar-refractivity contribution in [2.24, 2.45) is 0 Å². The second-order valence-corrected chi connectivity index (χ2v) is 11.4. The molecule has 44 heavy (non-hydrogen) atoms. The minimum atomic E-state index is -0.337. The molecule has 12 heteroatoms. The van der Waals surface area contributed by atoms with Crippen molar-refractivity contribution in [1.29, 1.82) is 0 Å². The highest BCUT2D eigenvalue weighted by Crippen LogP contribution is 2.40. The van der Waals surface area contributed by atoms with Crippen LogP contribution in [0.1, 0.15) is 11.4 Å². The van der Waals surface area contributed by atoms with Crippen molar-refractivity contribution in [1.82, 2.24) is 30.4 Å². The fraction of sp³-hybridized carbons (Fsp3) is 0.0625. The number of aromatic amines is 1. The van der Waals surface area contributed by atoms with E-state index in [4.69, 9.17) is 58.0 Å². The molecule has 6 aromatic rings. The number of rotatable bonds is 4. The molecule has 0 atom stereocenters. The molecule has 2 aromatic carbocycles. The molecule has 220 valence electrons. The molecule has 0 unspecified atom stereocenters. The summed E-state index contributed by atoms with van der Waals surface area (Å²) in [6, 6.07) is 21.6. The van der Waals surface area contributed by atoms with Gasteiger partial charge in [0, 0.05) is 33.6 Å². The van der Waals surface area contributed by atoms with Crippen molar-refractivity contribution in [3.8, 4) is 44.8 Å². The average Bonchev–Trinajstić information content (AvgIpc) is 3.02. The van der Waals surface area contributed by atoms with Crippen LogP contribution in [0.25, 0.3) is 44.8 Å². The van der Waals surface area contributed by atoms with E-state index in [1.165, 1.54) is 0 Å². The summed E-state index contributed by atoms with van der Waals surface area (Å²) >= 11 is 30.7. The molecule has 4 aromatic heterocycles. The quantitative estimate of drug-likeness (QED) is 0.199. The Kier molecular flexibility index (Phi) is 9.93. The number of halogens is 5. The van der Waals surface area contributed by atoms with Crippen LogP contribution < -0.4 is 5.56 Å². The van der Waals surface area contributed by atoms with Gasteiger partial charge in [-0.05, 0) is 73.5 Å². The maximum absolute atomic E-state index is 12.3. The van der Waals surface area contributed by atoms with Crippen LogP contribution in [0.4, 0.5) is 0 Å². The van der Waals surface area contributed by atoms with E-state index in [9.17, 15) is 4.79 Å². The Morgan fingerprint density at radius 2 is 1.05 bits per heavy atom. The Hall–Kier alpha value is -3.85. The molecule has 1 N–H and O–H groups in total. The Morgan fingerprint density at radius 3 is 1.55 bits per heavy atom. The highest BCUT2D eigenvalue weighted by molar-refractivity contribution is 6.36. The second kappa shape index (κ2) is 13.8. The SMILES string of the molecule is Cc1n[nH]c(=O)c(-c2ncccc2Cl)c1-c1ccc(Cl)cc1.Cc1nnc(Cl)c(-c2ncccc2Cl)c1-c1ccc(Cl)cc1. The summed E-state index contributed by atoms with van der Waals surface area (Å²) < 4.78 is 0. The Morgan fingerprint density at radius 1 is 0.568 bits per heavy atom. The fourth-order valence-electron chi connectivity index (χ4n) is 4.56. The zero-order valence-corrected chi connectivity index (χ0v) is 26.9. The summed E-state index contributed by atoms with van der Waals surface area (Å²) in [6.45, 7) is 3.69. The Bertz CT molecular complexity index is 2020. The van der Waals surface area contributed by atoms with E-state index >= 15 is 0 Å². The van der Waals surface area contributed by atoms with E-state index in [-0.39, 0.29) is 10.7 Å². The summed E-state index contributed by atoms with van der Waals surface area (Å²) in [5.74, 6) is 0. The molecule has 0 aliphatic heterocycles. The van der Waals surface area contributed by atoms with Crippen LogP contribution in [0.2, 0.25) is 25.2 Å². The number of benzene rings is 2. The summed E-state index contributed by atoms with van der Waals surface area (Å²) in [5.41, 5.74) is 6.46. The van der Waals surface area contributed by atoms with Crippen LogP contribution in [0, 0.1) is 13.8 Å². The van der Waals surface area contributed by atoms with Gasteiger partial charge >= 0.3 is 0 Å². The molecule has 0 radical (unpaired) electrons. The third kappa shape index (κ3) is 6.78. The normalized spacial score (nSPS) is 10.7. The first kappa shape index (κ1) is 31.6. The number of nitrogens with zero attached hydrogens (tertiary/aromatic N) is 5. The second-order valence-electron chi connectivity index (χ2n) is 9.40. The van der Waals surface area contributed by atoms with Crippen LogP contribution in [-0.2, 0) is 0 Å². The maximum atomic E-state index is 12.3. The van der Waals surface area contributed by atoms with Gasteiger partial charge in [0.2, 0.25) is 0 Å². The number of aromatic nitrogens is 6. The van der Waals surface area contributed by atoms with Gasteiger partial charge in [-0.15, -0.1) is 5.10 Å². The predicted molar refractivity (Wildman–Crippen MR) is 179 cm³/mol. The van der Waals surface area contributed by atoms with Crippen LogP contribution in [0.15, 0.2) is 90.0 Å². The standard InChI is InChI=1S/C16H10Cl3N3.C16H11Cl2N3O/c1-9-13(10-4-6-11(17)7-5-10)14(16(19)22-21-9)15-12(18)3-2-8-20-15;1-9-13(10-4-6-11(17)7-5-10)14(16(22)21-20-9)15-12(18)3-2-8-19-15/h2-8H,1H3;2-8H,1H3,(H,21,22). The molecule has 0 aliphatic carbocycles. The molecular weight excluding hydrogens is 662 g/mol. The van der Waals surface area contributed by atoms with Crippen LogP contribution in [-0.4, -0.2) is 30.4 Å². The molecule has 0 bridgehead atoms. The Labute approximate surface area is 277 Å². The predicted octanol–water partition coefficient (Wildman–Crippen LogP) is 9.59. The molecule has 4 heterocycles. The third-order valence-electron chi connectivity index (χ3n) is 6.53. The number of hydrogen-bond donors (Lipinski definition) is 1. The van der Waals surface area contributed by atoms with E-state index in [0.29, 0.717) is 53.9 Å². The lowest BCUT2D eigenvalue weighted by atomic mass is 9.97. The van der Waals surface area contributed by atoms with Crippen molar-refractivity contribution >= 4 is 58.0 Å². The minimum Gasteiger partial charge on any atom is -0.267 e. The number of hydrogen-bond acceptors (Lipinski definition) is 6. The topological polar surface area (TPSA) is 97.3 Å². The molecule has 0 fully saturated rings. The third-order valence-corrected chi connectivity index (χ3v) is 7.90. The van der Waals surface area contributed by atoms with E-state index in [0.717, 1.165) is 22.4 Å². The molecule has 6 rings (SSSR count). The fourth-order valence-corrected chi connectivity index (χ4v) is 5.47. The summed E-state index contributed by atoms with van der Waals surface area (Å²) in [7, 11) is 0. The first-order valence-electron chi connectivity index (χ1n) is 13.0. The van der Waals surface area contributed by atoms with Gasteiger partial charge in [0.1, 0.15) is 0 Å². The van der Waals surface area contributed by atoms with Crippen molar-refractivity contribution < 1.29 is 0 Å². The van der Waals surface area contributed by atoms with Gasteiger partial charge in [-0.1, -0.05) is 82.3 Å². The highest BCUT2D eigenvalue weighted by atomic mass is 35.5. The van der Waals surface area contributed by atoms with Gasteiger partial charge in [0.15, 0.2) is 5.15 Å². The average molecular weight is 683 g/mol. The Balaban J connectivity index is 0.000000175. The zero-order chi connectivity index (χ0) is 31.4. The van der Waals surface area contributed by atoms with Crippen LogP contribution >= 0.6 is 58.0 Å². The summed E-state index contributed by atoms with van der Waals surface area (Å²) in [6.07, 6.45) is 3.26. The first-order chi connectivity index (χ1) is 21.2. The molecular formula is C32H21Cl5N6O. The van der Waals surface area contributed by atoms with Crippen molar-refractivity contribution in [2.75, 3.05) is 0 Å². The van der Waals surface area contributed by atoms with E-state index in [1.807, 2.05) is 50.2 Å². The molecule has 7 nitrogen and oxygen atoms in total. The monoisotopic (exact) mass is 680 g/mol. The molecule has 0 saturated carbocycles. The van der Waals surface area contributed by atoms with E-state index < -0.39 is 0 Å². The smallest absolute Gasteiger partial charge is 0.267 e. The number of aryl methyl sites for hydroxylation is 2. The highest BCUT2D eigenvalue weighted by Gasteiger charge is 2.20. The van der Waals surface area contributed by atoms with Crippen LogP contribution in [0.5, 0.6) is 0 Å². The minimum absolute atomic E-state index is 0.260. The largest absolute Gasteiger partial charge is 0.274 e. The van der Waals surface area contributed by atoms with Gasteiger partial charge in [-0.25, -0.2) is 5.10 Å². The van der Waals surface area contributed by atoms with Gasteiger partial charge < -0.3 is 0 Å². The lowest BCUT2D eigenvalue weighted by molar-refractivity contribution is 0.950. The van der Waals surface area contributed by atoms with Gasteiger partial charge in [-0.3, -0.25) is 14.8 Å². The number of nitrogens with one attached hydrogen (secondary N) is 1. The molecule has 0 spiro atoms. The molecule has 0 saturated heterocycles. The lowest BCUT2D eigenvalue weighted by Crippen LogP contribution is -2.15. The van der Waals surface area contributed by atoms with Crippen molar-refractivity contribution in [3.63, 3.8) is 0 Å². The summed E-state index contributed by atoms with van der Waals surface area (Å²) in [4.78, 5) is 20.9. The zero-order valence-electron chi connectivity index (χ0n) is 23.1. The van der Waals surface area contributed by atoms with Crippen molar-refractivity contribution in [3.05, 3.63) is 132 Å². The van der Waals surface area contributed by atoms with Gasteiger partial charge in [-0.2, -0.15) is 10.2 Å². The van der Waals surface area contributed by atoms with E-state index in [2.05, 4.69) is 30.4 Å². The van der Waals surface area contributed by atoms with Crippen molar-refractivity contribution in [2.45, 2.75) is 13.8 Å². The molecule has 0 amide bonds.